The van der Waals surface area contributed by atoms with E-state index in [4.69, 9.17) is 4.84 Å². The van der Waals surface area contributed by atoms with Gasteiger partial charge in [0.1, 0.15) is 11.6 Å². The molecule has 0 aromatic heterocycles. The summed E-state index contributed by atoms with van der Waals surface area (Å²) < 4.78 is 38.8. The van der Waals surface area contributed by atoms with E-state index in [1.165, 1.54) is 12.1 Å². The molecule has 0 radical (unpaired) electrons. The van der Waals surface area contributed by atoms with Gasteiger partial charge in [-0.1, -0.05) is 23.4 Å². The van der Waals surface area contributed by atoms with Crippen LogP contribution in [0.5, 0.6) is 0 Å². The largest absolute Gasteiger partial charge is 0.364 e. The molecular formula is C18H17FN2O3S. The van der Waals surface area contributed by atoms with Crippen molar-refractivity contribution in [2.75, 3.05) is 12.3 Å². The third-order valence-electron chi connectivity index (χ3n) is 4.62. The molecule has 2 aliphatic heterocycles. The molecule has 2 aromatic carbocycles. The highest BCUT2D eigenvalue weighted by molar-refractivity contribution is 7.91. The predicted molar refractivity (Wildman–Crippen MR) is 91.2 cm³/mol. The number of hydrogen-bond acceptors (Lipinski definition) is 5. The van der Waals surface area contributed by atoms with Crippen molar-refractivity contribution in [3.8, 4) is 0 Å². The van der Waals surface area contributed by atoms with Crippen molar-refractivity contribution in [1.29, 1.82) is 0 Å². The van der Waals surface area contributed by atoms with Gasteiger partial charge in [0.15, 0.2) is 15.7 Å². The summed E-state index contributed by atoms with van der Waals surface area (Å²) >= 11 is 0. The lowest BCUT2D eigenvalue weighted by Crippen LogP contribution is -2.48. The molecule has 0 spiro atoms. The molecule has 2 aromatic rings. The van der Waals surface area contributed by atoms with Crippen molar-refractivity contribution in [2.45, 2.75) is 23.5 Å². The smallest absolute Gasteiger partial charge is 0.225 e. The van der Waals surface area contributed by atoms with Gasteiger partial charge in [-0.05, 0) is 42.8 Å². The van der Waals surface area contributed by atoms with E-state index in [1.54, 1.807) is 42.5 Å². The van der Waals surface area contributed by atoms with Crippen LogP contribution in [0.25, 0.3) is 0 Å². The van der Waals surface area contributed by atoms with Crippen LogP contribution in [0.4, 0.5) is 4.39 Å². The number of rotatable bonds is 4. The monoisotopic (exact) mass is 360 g/mol. The van der Waals surface area contributed by atoms with Gasteiger partial charge in [0.25, 0.3) is 0 Å². The minimum Gasteiger partial charge on any atom is -0.364 e. The maximum absolute atomic E-state index is 13.2. The molecule has 5 nitrogen and oxygen atoms in total. The van der Waals surface area contributed by atoms with E-state index in [1.807, 2.05) is 4.90 Å². The number of nitrogens with zero attached hydrogens (tertiary/aromatic N) is 2. The van der Waals surface area contributed by atoms with Gasteiger partial charge in [-0.25, -0.2) is 12.8 Å². The van der Waals surface area contributed by atoms with Crippen LogP contribution in [0, 0.1) is 5.82 Å². The molecule has 2 heterocycles. The molecule has 25 heavy (non-hydrogen) atoms. The Balaban J connectivity index is 1.63. The summed E-state index contributed by atoms with van der Waals surface area (Å²) in [4.78, 5) is 7.82. The summed E-state index contributed by atoms with van der Waals surface area (Å²) in [6, 6.07) is 14.3. The van der Waals surface area contributed by atoms with E-state index in [2.05, 4.69) is 5.16 Å². The fourth-order valence-corrected chi connectivity index (χ4v) is 5.10. The second-order valence-electron chi connectivity index (χ2n) is 6.29. The van der Waals surface area contributed by atoms with E-state index >= 15 is 0 Å². The Morgan fingerprint density at radius 3 is 2.56 bits per heavy atom. The van der Waals surface area contributed by atoms with Crippen molar-refractivity contribution in [1.82, 2.24) is 4.90 Å². The van der Waals surface area contributed by atoms with Gasteiger partial charge < -0.3 is 9.74 Å². The SMILES string of the molecule is O=S(=O)(CC12CCCN1C(c1ccc(F)cc1)=NO2)c1ccccc1. The van der Waals surface area contributed by atoms with Crippen LogP contribution in [-0.2, 0) is 14.7 Å². The number of fused-ring (bicyclic) bond motifs is 1. The molecule has 0 saturated carbocycles. The van der Waals surface area contributed by atoms with Crippen LogP contribution >= 0.6 is 0 Å². The number of oxime groups is 1. The maximum Gasteiger partial charge on any atom is 0.225 e. The average molecular weight is 360 g/mol. The number of amidine groups is 1. The predicted octanol–water partition coefficient (Wildman–Crippen LogP) is 2.78. The van der Waals surface area contributed by atoms with Crippen LogP contribution in [-0.4, -0.2) is 37.2 Å². The van der Waals surface area contributed by atoms with Crippen molar-refractivity contribution >= 4 is 15.7 Å². The second-order valence-corrected chi connectivity index (χ2v) is 8.28. The third-order valence-corrected chi connectivity index (χ3v) is 6.44. The van der Waals surface area contributed by atoms with Crippen LogP contribution < -0.4 is 0 Å². The standard InChI is InChI=1S/C18H17FN2O3S/c19-15-9-7-14(8-10-15)17-20-24-18(11-4-12-21(17)18)13-25(22,23)16-5-2-1-3-6-16/h1-3,5-10H,4,11-13H2. The number of hydrogen-bond donors (Lipinski definition) is 0. The molecule has 0 amide bonds. The summed E-state index contributed by atoms with van der Waals surface area (Å²) in [6.45, 7) is 0.653. The Bertz CT molecular complexity index is 913. The van der Waals surface area contributed by atoms with E-state index in [9.17, 15) is 12.8 Å². The first-order chi connectivity index (χ1) is 12.0. The Labute approximate surface area is 145 Å². The zero-order valence-electron chi connectivity index (χ0n) is 13.4. The quantitative estimate of drug-likeness (QED) is 0.841. The minimum absolute atomic E-state index is 0.168. The average Bonchev–Trinajstić information content (AvgIpc) is 3.14. The molecule has 1 saturated heterocycles. The summed E-state index contributed by atoms with van der Waals surface area (Å²) in [5.74, 6) is 0.0569. The number of halogens is 1. The first kappa shape index (κ1) is 16.1. The van der Waals surface area contributed by atoms with E-state index in [0.29, 0.717) is 24.4 Å². The lowest BCUT2D eigenvalue weighted by Gasteiger charge is -2.30. The van der Waals surface area contributed by atoms with Crippen LogP contribution in [0.2, 0.25) is 0 Å². The number of sulfone groups is 1. The van der Waals surface area contributed by atoms with E-state index in [-0.39, 0.29) is 16.5 Å². The lowest BCUT2D eigenvalue weighted by molar-refractivity contribution is -0.0594. The van der Waals surface area contributed by atoms with Gasteiger partial charge in [-0.2, -0.15) is 0 Å². The molecule has 0 aliphatic carbocycles. The number of benzene rings is 2. The highest BCUT2D eigenvalue weighted by Crippen LogP contribution is 2.39. The highest BCUT2D eigenvalue weighted by Gasteiger charge is 2.52. The molecule has 7 heteroatoms. The fourth-order valence-electron chi connectivity index (χ4n) is 3.42. The molecule has 1 unspecified atom stereocenters. The molecule has 0 bridgehead atoms. The van der Waals surface area contributed by atoms with Gasteiger partial charge in [0.05, 0.1) is 4.90 Å². The Hall–Kier alpha value is -2.41. The van der Waals surface area contributed by atoms with E-state index < -0.39 is 15.6 Å². The minimum atomic E-state index is -3.52. The first-order valence-electron chi connectivity index (χ1n) is 8.08. The van der Waals surface area contributed by atoms with Gasteiger partial charge >= 0.3 is 0 Å². The molecule has 1 atom stereocenters. The van der Waals surface area contributed by atoms with Crippen LogP contribution in [0.15, 0.2) is 64.6 Å². The molecule has 1 fully saturated rings. The van der Waals surface area contributed by atoms with Crippen molar-refractivity contribution in [2.24, 2.45) is 5.16 Å². The zero-order valence-corrected chi connectivity index (χ0v) is 14.2. The third kappa shape index (κ3) is 2.78. The first-order valence-corrected chi connectivity index (χ1v) is 9.73. The highest BCUT2D eigenvalue weighted by atomic mass is 32.2. The van der Waals surface area contributed by atoms with Crippen molar-refractivity contribution in [3.63, 3.8) is 0 Å². The molecule has 0 N–H and O–H groups in total. The second kappa shape index (κ2) is 5.84. The van der Waals surface area contributed by atoms with Gasteiger partial charge in [-0.3, -0.25) is 0 Å². The Morgan fingerprint density at radius 1 is 1.12 bits per heavy atom. The summed E-state index contributed by atoms with van der Waals surface area (Å²) in [7, 11) is -3.52. The molecular weight excluding hydrogens is 343 g/mol. The van der Waals surface area contributed by atoms with Crippen LogP contribution in [0.3, 0.4) is 0 Å². The van der Waals surface area contributed by atoms with Crippen LogP contribution in [0.1, 0.15) is 18.4 Å². The summed E-state index contributed by atoms with van der Waals surface area (Å²) in [5.41, 5.74) is -0.277. The van der Waals surface area contributed by atoms with Crippen molar-refractivity contribution in [3.05, 3.63) is 66.0 Å². The summed E-state index contributed by atoms with van der Waals surface area (Å²) in [6.07, 6.45) is 1.39. The van der Waals surface area contributed by atoms with Gasteiger partial charge in [0.2, 0.25) is 5.72 Å². The van der Waals surface area contributed by atoms with E-state index in [0.717, 1.165) is 6.42 Å². The molecule has 130 valence electrons. The Kier molecular flexibility index (Phi) is 3.76. The van der Waals surface area contributed by atoms with Gasteiger partial charge in [-0.15, -0.1) is 0 Å². The fraction of sp³-hybridized carbons (Fsp3) is 0.278. The normalized spacial score (nSPS) is 22.4. The zero-order chi connectivity index (χ0) is 17.5. The maximum atomic E-state index is 13.2. The molecule has 4 rings (SSSR count). The summed E-state index contributed by atoms with van der Waals surface area (Å²) in [5, 5.41) is 4.13. The molecule has 2 aliphatic rings. The lowest BCUT2D eigenvalue weighted by atomic mass is 10.1. The van der Waals surface area contributed by atoms with Gasteiger partial charge in [0, 0.05) is 18.5 Å². The topological polar surface area (TPSA) is 59.0 Å². The Morgan fingerprint density at radius 2 is 1.84 bits per heavy atom. The van der Waals surface area contributed by atoms with Crippen molar-refractivity contribution < 1.29 is 17.6 Å².